The first-order valence-electron chi connectivity index (χ1n) is 7.57. The fraction of sp³-hybridized carbons (Fsp3) is 0.562. The van der Waals surface area contributed by atoms with Gasteiger partial charge in [0.05, 0.1) is 18.2 Å². The number of carbonyl (C=O) groups is 1. The van der Waals surface area contributed by atoms with Crippen LogP contribution >= 0.6 is 0 Å². The van der Waals surface area contributed by atoms with Crippen molar-refractivity contribution in [1.29, 1.82) is 0 Å². The number of benzene rings is 1. The zero-order valence-corrected chi connectivity index (χ0v) is 13.0. The molecule has 1 N–H and O–H groups in total. The molecule has 1 amide bonds. The molecular formula is C16H21F3N2O2. The molecule has 1 aliphatic heterocycles. The van der Waals surface area contributed by atoms with E-state index in [0.29, 0.717) is 13.1 Å². The van der Waals surface area contributed by atoms with Crippen LogP contribution in [0.4, 0.5) is 13.2 Å². The first kappa shape index (κ1) is 17.7. The molecule has 7 heteroatoms. The maximum atomic E-state index is 12.5. The quantitative estimate of drug-likeness (QED) is 0.871. The number of alkyl halides is 3. The number of hydrogen-bond donors (Lipinski definition) is 1. The molecule has 0 bridgehead atoms. The molecule has 4 nitrogen and oxygen atoms in total. The average molecular weight is 330 g/mol. The molecule has 1 aliphatic rings. The molecule has 1 aromatic carbocycles. The third kappa shape index (κ3) is 5.84. The van der Waals surface area contributed by atoms with E-state index in [1.165, 1.54) is 12.1 Å². The highest BCUT2D eigenvalue weighted by atomic mass is 19.4. The van der Waals surface area contributed by atoms with Crippen molar-refractivity contribution in [2.75, 3.05) is 26.7 Å². The molecule has 1 fully saturated rings. The van der Waals surface area contributed by atoms with Gasteiger partial charge in [0.1, 0.15) is 0 Å². The Labute approximate surface area is 133 Å². The molecule has 1 aromatic rings. The molecule has 1 atom stereocenters. The van der Waals surface area contributed by atoms with E-state index < -0.39 is 11.7 Å². The van der Waals surface area contributed by atoms with Crippen LogP contribution in [0, 0.1) is 0 Å². The predicted octanol–water partition coefficient (Wildman–Crippen LogP) is 2.43. The lowest BCUT2D eigenvalue weighted by Gasteiger charge is -2.18. The van der Waals surface area contributed by atoms with Gasteiger partial charge in [-0.25, -0.2) is 0 Å². The van der Waals surface area contributed by atoms with E-state index in [0.717, 1.165) is 37.1 Å². The van der Waals surface area contributed by atoms with Crippen molar-refractivity contribution in [3.05, 3.63) is 35.4 Å². The second kappa shape index (κ2) is 7.79. The van der Waals surface area contributed by atoms with Crippen LogP contribution in [0.25, 0.3) is 0 Å². The second-order valence-corrected chi connectivity index (χ2v) is 5.81. The number of nitrogens with zero attached hydrogens (tertiary/aromatic N) is 1. The molecule has 2 rings (SSSR count). The Morgan fingerprint density at radius 1 is 1.35 bits per heavy atom. The Morgan fingerprint density at radius 2 is 2.04 bits per heavy atom. The molecule has 0 aliphatic carbocycles. The van der Waals surface area contributed by atoms with Gasteiger partial charge in [-0.05, 0) is 37.6 Å². The summed E-state index contributed by atoms with van der Waals surface area (Å²) in [7, 11) is 1.75. The average Bonchev–Trinajstić information content (AvgIpc) is 2.98. The minimum absolute atomic E-state index is 0.0965. The van der Waals surface area contributed by atoms with Gasteiger partial charge in [-0.3, -0.25) is 9.69 Å². The van der Waals surface area contributed by atoms with Gasteiger partial charge in [0, 0.05) is 19.7 Å². The van der Waals surface area contributed by atoms with Gasteiger partial charge < -0.3 is 10.1 Å². The van der Waals surface area contributed by atoms with Gasteiger partial charge in [0.2, 0.25) is 5.91 Å². The van der Waals surface area contributed by atoms with Gasteiger partial charge in [-0.2, -0.15) is 13.2 Å². The van der Waals surface area contributed by atoms with Crippen LogP contribution in [-0.2, 0) is 22.3 Å². The molecule has 1 unspecified atom stereocenters. The fourth-order valence-corrected chi connectivity index (χ4v) is 2.50. The van der Waals surface area contributed by atoms with Gasteiger partial charge in [-0.15, -0.1) is 0 Å². The summed E-state index contributed by atoms with van der Waals surface area (Å²) in [6, 6.07) is 4.98. The normalized spacial score (nSPS) is 18.4. The number of hydrogen-bond acceptors (Lipinski definition) is 3. The third-order valence-electron chi connectivity index (χ3n) is 3.70. The van der Waals surface area contributed by atoms with Crippen molar-refractivity contribution in [1.82, 2.24) is 10.2 Å². The van der Waals surface area contributed by atoms with Crippen molar-refractivity contribution in [3.8, 4) is 0 Å². The summed E-state index contributed by atoms with van der Waals surface area (Å²) >= 11 is 0. The molecule has 1 saturated heterocycles. The fourth-order valence-electron chi connectivity index (χ4n) is 2.50. The van der Waals surface area contributed by atoms with Crippen LogP contribution in [0.2, 0.25) is 0 Å². The minimum atomic E-state index is -4.33. The van der Waals surface area contributed by atoms with E-state index in [1.807, 2.05) is 0 Å². The maximum absolute atomic E-state index is 12.5. The summed E-state index contributed by atoms with van der Waals surface area (Å²) < 4.78 is 42.9. The molecule has 0 radical (unpaired) electrons. The summed E-state index contributed by atoms with van der Waals surface area (Å²) in [6.45, 7) is 1.85. The number of nitrogens with one attached hydrogen (secondary N) is 1. The highest BCUT2D eigenvalue weighted by Gasteiger charge is 2.29. The Hall–Kier alpha value is -1.60. The predicted molar refractivity (Wildman–Crippen MR) is 79.8 cm³/mol. The van der Waals surface area contributed by atoms with Crippen LogP contribution in [0.3, 0.4) is 0 Å². The molecule has 128 valence electrons. The Kier molecular flexibility index (Phi) is 6.01. The van der Waals surface area contributed by atoms with Gasteiger partial charge in [0.25, 0.3) is 0 Å². The number of likely N-dealkylation sites (N-methyl/N-ethyl adjacent to an activating group) is 1. The monoisotopic (exact) mass is 330 g/mol. The maximum Gasteiger partial charge on any atom is 0.416 e. The second-order valence-electron chi connectivity index (χ2n) is 5.81. The van der Waals surface area contributed by atoms with E-state index in [-0.39, 0.29) is 18.6 Å². The molecule has 1 heterocycles. The standard InChI is InChI=1S/C16H21F3N2O2/c1-21(11-15(22)20-9-14-3-2-8-23-14)10-12-4-6-13(7-5-12)16(17,18)19/h4-7,14H,2-3,8-11H2,1H3,(H,20,22). The lowest BCUT2D eigenvalue weighted by molar-refractivity contribution is -0.137. The topological polar surface area (TPSA) is 41.6 Å². The van der Waals surface area contributed by atoms with E-state index in [4.69, 9.17) is 4.74 Å². The summed E-state index contributed by atoms with van der Waals surface area (Å²) in [5.41, 5.74) is 0.0608. The van der Waals surface area contributed by atoms with E-state index in [9.17, 15) is 18.0 Å². The van der Waals surface area contributed by atoms with Gasteiger partial charge in [0.15, 0.2) is 0 Å². The third-order valence-corrected chi connectivity index (χ3v) is 3.70. The summed E-state index contributed by atoms with van der Waals surface area (Å²) in [4.78, 5) is 13.6. The Bertz CT molecular complexity index is 511. The Balaban J connectivity index is 1.75. The minimum Gasteiger partial charge on any atom is -0.376 e. The number of rotatable bonds is 6. The van der Waals surface area contributed by atoms with Crippen molar-refractivity contribution in [2.24, 2.45) is 0 Å². The van der Waals surface area contributed by atoms with Crippen LogP contribution in [0.5, 0.6) is 0 Å². The SMILES string of the molecule is CN(CC(=O)NCC1CCCO1)Cc1ccc(C(F)(F)F)cc1. The first-order chi connectivity index (χ1) is 10.8. The van der Waals surface area contributed by atoms with E-state index >= 15 is 0 Å². The highest BCUT2D eigenvalue weighted by molar-refractivity contribution is 5.78. The zero-order chi connectivity index (χ0) is 16.9. The van der Waals surface area contributed by atoms with Gasteiger partial charge >= 0.3 is 6.18 Å². The lowest BCUT2D eigenvalue weighted by Crippen LogP contribution is -2.38. The molecule has 23 heavy (non-hydrogen) atoms. The number of ether oxygens (including phenoxy) is 1. The Morgan fingerprint density at radius 3 is 2.61 bits per heavy atom. The largest absolute Gasteiger partial charge is 0.416 e. The number of amides is 1. The van der Waals surface area contributed by atoms with Crippen LogP contribution < -0.4 is 5.32 Å². The summed E-state index contributed by atoms with van der Waals surface area (Å²) in [5.74, 6) is -0.116. The summed E-state index contributed by atoms with van der Waals surface area (Å²) in [5, 5.41) is 2.82. The number of halogens is 3. The zero-order valence-electron chi connectivity index (χ0n) is 13.0. The van der Waals surface area contributed by atoms with Crippen LogP contribution in [0.1, 0.15) is 24.0 Å². The lowest BCUT2D eigenvalue weighted by atomic mass is 10.1. The first-order valence-corrected chi connectivity index (χ1v) is 7.57. The van der Waals surface area contributed by atoms with Crippen molar-refractivity contribution in [2.45, 2.75) is 31.7 Å². The van der Waals surface area contributed by atoms with Crippen molar-refractivity contribution in [3.63, 3.8) is 0 Å². The molecule has 0 spiro atoms. The van der Waals surface area contributed by atoms with E-state index in [1.54, 1.807) is 11.9 Å². The molecule has 0 saturated carbocycles. The summed E-state index contributed by atoms with van der Waals surface area (Å²) in [6.07, 6.45) is -2.25. The van der Waals surface area contributed by atoms with Crippen molar-refractivity contribution < 1.29 is 22.7 Å². The molecular weight excluding hydrogens is 309 g/mol. The van der Waals surface area contributed by atoms with Crippen molar-refractivity contribution >= 4 is 5.91 Å². The van der Waals surface area contributed by atoms with Crippen LogP contribution in [0.15, 0.2) is 24.3 Å². The molecule has 0 aromatic heterocycles. The number of carbonyl (C=O) groups excluding carboxylic acids is 1. The van der Waals surface area contributed by atoms with Gasteiger partial charge in [-0.1, -0.05) is 12.1 Å². The van der Waals surface area contributed by atoms with Crippen LogP contribution in [-0.4, -0.2) is 43.7 Å². The van der Waals surface area contributed by atoms with E-state index in [2.05, 4.69) is 5.32 Å². The smallest absolute Gasteiger partial charge is 0.376 e. The highest BCUT2D eigenvalue weighted by Crippen LogP contribution is 2.29.